The lowest BCUT2D eigenvalue weighted by molar-refractivity contribution is -0.140. The second-order valence-corrected chi connectivity index (χ2v) is 11.4. The van der Waals surface area contributed by atoms with Crippen LogP contribution in [0.4, 0.5) is 17.6 Å². The summed E-state index contributed by atoms with van der Waals surface area (Å²) in [4.78, 5) is 3.73. The highest BCUT2D eigenvalue weighted by atomic mass is 79.9. The van der Waals surface area contributed by atoms with Crippen molar-refractivity contribution in [3.8, 4) is 0 Å². The van der Waals surface area contributed by atoms with Crippen molar-refractivity contribution in [1.29, 1.82) is 0 Å². The molecule has 2 rings (SSSR count). The molecule has 0 atom stereocenters. The minimum Gasteiger partial charge on any atom is -0.243 e. The summed E-state index contributed by atoms with van der Waals surface area (Å²) >= 11 is 3.22. The van der Waals surface area contributed by atoms with Gasteiger partial charge in [0.1, 0.15) is 11.5 Å². The van der Waals surface area contributed by atoms with Gasteiger partial charge >= 0.3 is 6.18 Å². The quantitative estimate of drug-likeness (QED) is 0.527. The largest absolute Gasteiger partial charge is 0.433 e. The maximum Gasteiger partial charge on any atom is 0.433 e. The fourth-order valence-electron chi connectivity index (χ4n) is 2.09. The first-order chi connectivity index (χ1) is 9.01. The van der Waals surface area contributed by atoms with Gasteiger partial charge in [-0.25, -0.2) is 9.37 Å². The molecular formula is C13H12BrF4NSi. The molecule has 0 saturated carbocycles. The Kier molecular flexibility index (Phi) is 3.71. The molecule has 0 fully saturated rings. The average molecular weight is 366 g/mol. The first kappa shape index (κ1) is 15.4. The molecule has 0 amide bonds. The van der Waals surface area contributed by atoms with Gasteiger partial charge in [0.2, 0.25) is 0 Å². The van der Waals surface area contributed by atoms with Crippen molar-refractivity contribution in [2.75, 3.05) is 0 Å². The second-order valence-electron chi connectivity index (χ2n) is 5.56. The van der Waals surface area contributed by atoms with Gasteiger partial charge in [0.25, 0.3) is 0 Å². The van der Waals surface area contributed by atoms with Crippen molar-refractivity contribution >= 4 is 40.1 Å². The Morgan fingerprint density at radius 2 is 1.75 bits per heavy atom. The summed E-state index contributed by atoms with van der Waals surface area (Å²) in [7, 11) is -2.32. The lowest BCUT2D eigenvalue weighted by Gasteiger charge is -2.24. The van der Waals surface area contributed by atoms with Crippen LogP contribution in [0.1, 0.15) is 5.69 Å². The summed E-state index contributed by atoms with van der Waals surface area (Å²) in [6.07, 6.45) is -4.53. The van der Waals surface area contributed by atoms with Gasteiger partial charge in [-0.05, 0) is 23.4 Å². The molecule has 0 bridgehead atoms. The highest BCUT2D eigenvalue weighted by molar-refractivity contribution is 9.10. The highest BCUT2D eigenvalue weighted by Crippen LogP contribution is 2.33. The van der Waals surface area contributed by atoms with Crippen molar-refractivity contribution in [1.82, 2.24) is 4.98 Å². The van der Waals surface area contributed by atoms with E-state index >= 15 is 0 Å². The number of aromatic nitrogens is 1. The van der Waals surface area contributed by atoms with Crippen molar-refractivity contribution in [2.45, 2.75) is 25.8 Å². The van der Waals surface area contributed by atoms with E-state index in [-0.39, 0.29) is 10.7 Å². The van der Waals surface area contributed by atoms with Gasteiger partial charge in [0.05, 0.1) is 13.6 Å². The van der Waals surface area contributed by atoms with Crippen LogP contribution in [-0.4, -0.2) is 13.1 Å². The second kappa shape index (κ2) is 4.80. The van der Waals surface area contributed by atoms with Crippen molar-refractivity contribution < 1.29 is 17.6 Å². The Morgan fingerprint density at radius 1 is 1.15 bits per heavy atom. The Morgan fingerprint density at radius 3 is 2.25 bits per heavy atom. The van der Waals surface area contributed by atoms with Gasteiger partial charge in [-0.1, -0.05) is 35.6 Å². The Bertz CT molecular complexity index is 677. The molecule has 0 aliphatic heterocycles. The average Bonchev–Trinajstić information content (AvgIpc) is 2.26. The number of benzene rings is 1. The van der Waals surface area contributed by atoms with Crippen LogP contribution in [-0.2, 0) is 6.18 Å². The molecule has 1 aromatic heterocycles. The molecule has 2 aromatic rings. The van der Waals surface area contributed by atoms with E-state index in [4.69, 9.17) is 0 Å². The smallest absolute Gasteiger partial charge is 0.243 e. The van der Waals surface area contributed by atoms with Crippen LogP contribution in [0.15, 0.2) is 22.7 Å². The zero-order chi connectivity index (χ0) is 15.3. The van der Waals surface area contributed by atoms with Gasteiger partial charge in [0, 0.05) is 9.86 Å². The van der Waals surface area contributed by atoms with Gasteiger partial charge in [-0.15, -0.1) is 0 Å². The van der Waals surface area contributed by atoms with Crippen LogP contribution in [0.5, 0.6) is 0 Å². The zero-order valence-corrected chi connectivity index (χ0v) is 13.7. The van der Waals surface area contributed by atoms with Crippen LogP contribution >= 0.6 is 15.9 Å². The third kappa shape index (κ3) is 2.74. The first-order valence-corrected chi connectivity index (χ1v) is 10.2. The minimum absolute atomic E-state index is 0.132. The number of pyridine rings is 1. The minimum atomic E-state index is -4.53. The van der Waals surface area contributed by atoms with Crippen LogP contribution < -0.4 is 5.19 Å². The van der Waals surface area contributed by atoms with Crippen LogP contribution in [0, 0.1) is 5.82 Å². The topological polar surface area (TPSA) is 12.9 Å². The Balaban J connectivity index is 2.95. The zero-order valence-electron chi connectivity index (χ0n) is 11.1. The molecule has 1 nitrogen and oxygen atoms in total. The van der Waals surface area contributed by atoms with E-state index in [9.17, 15) is 17.6 Å². The lowest BCUT2D eigenvalue weighted by Crippen LogP contribution is -2.44. The van der Waals surface area contributed by atoms with Gasteiger partial charge in [-0.2, -0.15) is 13.2 Å². The number of alkyl halides is 3. The summed E-state index contributed by atoms with van der Waals surface area (Å²) in [5.74, 6) is -0.499. The molecular weight excluding hydrogens is 354 g/mol. The van der Waals surface area contributed by atoms with Crippen molar-refractivity contribution in [3.05, 3.63) is 34.2 Å². The molecule has 0 aliphatic carbocycles. The third-order valence-electron chi connectivity index (χ3n) is 2.90. The van der Waals surface area contributed by atoms with E-state index in [1.54, 1.807) is 19.6 Å². The van der Waals surface area contributed by atoms with Gasteiger partial charge < -0.3 is 0 Å². The fourth-order valence-corrected chi connectivity index (χ4v) is 6.08. The van der Waals surface area contributed by atoms with Crippen LogP contribution in [0.3, 0.4) is 0 Å². The molecule has 108 valence electrons. The lowest BCUT2D eigenvalue weighted by atomic mass is 10.2. The fraction of sp³-hybridized carbons (Fsp3) is 0.308. The highest BCUT2D eigenvalue weighted by Gasteiger charge is 2.40. The maximum absolute atomic E-state index is 13.3. The third-order valence-corrected chi connectivity index (χ3v) is 6.08. The molecule has 0 spiro atoms. The van der Waals surface area contributed by atoms with Gasteiger partial charge in [0.15, 0.2) is 0 Å². The molecule has 0 saturated heterocycles. The summed E-state index contributed by atoms with van der Waals surface area (Å²) < 4.78 is 53.3. The number of halogens is 5. The molecule has 0 aliphatic rings. The monoisotopic (exact) mass is 365 g/mol. The van der Waals surface area contributed by atoms with Crippen LogP contribution in [0.2, 0.25) is 19.6 Å². The number of rotatable bonds is 1. The van der Waals surface area contributed by atoms with E-state index in [2.05, 4.69) is 20.9 Å². The normalized spacial score (nSPS) is 13.0. The summed E-state index contributed by atoms with van der Waals surface area (Å²) in [6.45, 7) is 5.40. The predicted molar refractivity (Wildman–Crippen MR) is 77.4 cm³/mol. The molecule has 0 N–H and O–H groups in total. The Labute approximate surface area is 123 Å². The number of nitrogens with zero attached hydrogens (tertiary/aromatic N) is 1. The van der Waals surface area contributed by atoms with Crippen LogP contribution in [0.25, 0.3) is 10.9 Å². The standard InChI is InChI=1S/C13H12BrF4NSi/c1-20(2,3)11-10(14)8-6-7(15)4-5-9(8)19-12(11)13(16,17)18/h4-6H,1-3H3. The van der Waals surface area contributed by atoms with E-state index < -0.39 is 25.8 Å². The summed E-state index contributed by atoms with van der Waals surface area (Å²) in [6, 6.07) is 3.57. The van der Waals surface area contributed by atoms with Gasteiger partial charge in [-0.3, -0.25) is 0 Å². The molecule has 20 heavy (non-hydrogen) atoms. The van der Waals surface area contributed by atoms with E-state index in [1.807, 2.05) is 0 Å². The summed E-state index contributed by atoms with van der Waals surface area (Å²) in [5.41, 5.74) is -0.741. The van der Waals surface area contributed by atoms with E-state index in [0.717, 1.165) is 6.07 Å². The number of fused-ring (bicyclic) bond motifs is 1. The Hall–Kier alpha value is -0.953. The molecule has 0 radical (unpaired) electrons. The predicted octanol–water partition coefficient (Wildman–Crippen LogP) is 4.70. The number of hydrogen-bond acceptors (Lipinski definition) is 1. The van der Waals surface area contributed by atoms with Crippen molar-refractivity contribution in [3.63, 3.8) is 0 Å². The van der Waals surface area contributed by atoms with Crippen molar-refractivity contribution in [2.24, 2.45) is 0 Å². The van der Waals surface area contributed by atoms with E-state index in [1.165, 1.54) is 12.1 Å². The maximum atomic E-state index is 13.3. The molecule has 1 aromatic carbocycles. The SMILES string of the molecule is C[Si](C)(C)c1c(C(F)(F)F)nc2ccc(F)cc2c1Br. The summed E-state index contributed by atoms with van der Waals surface area (Å²) in [5, 5.41) is 0.540. The molecule has 7 heteroatoms. The molecule has 1 heterocycles. The number of hydrogen-bond donors (Lipinski definition) is 0. The first-order valence-electron chi connectivity index (χ1n) is 5.88. The molecule has 0 unspecified atom stereocenters. The van der Waals surface area contributed by atoms with E-state index in [0.29, 0.717) is 9.86 Å².